The Hall–Kier alpha value is -1.36. The van der Waals surface area contributed by atoms with Gasteiger partial charge in [-0.25, -0.2) is 4.98 Å². The first-order valence-electron chi connectivity index (χ1n) is 5.21. The van der Waals surface area contributed by atoms with Crippen molar-refractivity contribution >= 4 is 5.91 Å². The van der Waals surface area contributed by atoms with Crippen molar-refractivity contribution in [1.29, 1.82) is 0 Å². The number of hydrogen-bond donors (Lipinski definition) is 2. The maximum absolute atomic E-state index is 11.7. The summed E-state index contributed by atoms with van der Waals surface area (Å²) < 4.78 is 1.93. The van der Waals surface area contributed by atoms with Crippen molar-refractivity contribution in [2.45, 2.75) is 19.4 Å². The van der Waals surface area contributed by atoms with Crippen LogP contribution in [-0.4, -0.2) is 28.5 Å². The molecule has 82 valence electrons. The molecule has 15 heavy (non-hydrogen) atoms. The van der Waals surface area contributed by atoms with Crippen LogP contribution in [0, 0.1) is 5.41 Å². The highest BCUT2D eigenvalue weighted by molar-refractivity contribution is 5.85. The van der Waals surface area contributed by atoms with Crippen LogP contribution in [0.15, 0.2) is 18.7 Å². The number of carbonyl (C=O) groups is 1. The summed E-state index contributed by atoms with van der Waals surface area (Å²) in [5.74, 6) is 0.102. The molecule has 3 N–H and O–H groups in total. The van der Waals surface area contributed by atoms with Gasteiger partial charge in [-0.2, -0.15) is 0 Å². The molecule has 1 saturated carbocycles. The Morgan fingerprint density at radius 3 is 2.93 bits per heavy atom. The topological polar surface area (TPSA) is 72.9 Å². The maximum Gasteiger partial charge on any atom is 0.227 e. The number of nitrogens with zero attached hydrogens (tertiary/aromatic N) is 2. The molecule has 0 aromatic carbocycles. The summed E-state index contributed by atoms with van der Waals surface area (Å²) in [7, 11) is 0. The number of nitrogens with one attached hydrogen (secondary N) is 1. The van der Waals surface area contributed by atoms with Gasteiger partial charge >= 0.3 is 0 Å². The smallest absolute Gasteiger partial charge is 0.227 e. The Balaban J connectivity index is 1.72. The SMILES string of the molecule is NCC1(C(=O)NCCn2ccnc2)CC1. The normalized spacial score (nSPS) is 17.4. The second kappa shape index (κ2) is 4.02. The average Bonchev–Trinajstić information content (AvgIpc) is 2.90. The van der Waals surface area contributed by atoms with E-state index < -0.39 is 0 Å². The Kier molecular flexibility index (Phi) is 2.73. The van der Waals surface area contributed by atoms with Crippen LogP contribution in [-0.2, 0) is 11.3 Å². The van der Waals surface area contributed by atoms with E-state index in [9.17, 15) is 4.79 Å². The van der Waals surface area contributed by atoms with Gasteiger partial charge in [0.1, 0.15) is 0 Å². The van der Waals surface area contributed by atoms with E-state index in [0.717, 1.165) is 19.4 Å². The van der Waals surface area contributed by atoms with Crippen LogP contribution in [0.1, 0.15) is 12.8 Å². The third-order valence-electron chi connectivity index (χ3n) is 2.94. The Bertz CT molecular complexity index is 329. The van der Waals surface area contributed by atoms with Crippen LogP contribution in [0.5, 0.6) is 0 Å². The molecule has 0 spiro atoms. The minimum absolute atomic E-state index is 0.102. The highest BCUT2D eigenvalue weighted by atomic mass is 16.2. The summed E-state index contributed by atoms with van der Waals surface area (Å²) in [4.78, 5) is 15.6. The third kappa shape index (κ3) is 2.18. The standard InChI is InChI=1S/C10H16N4O/c11-7-10(1-2-10)9(15)13-4-6-14-5-3-12-8-14/h3,5,8H,1-2,4,6-7,11H2,(H,13,15). The molecule has 1 aromatic heterocycles. The lowest BCUT2D eigenvalue weighted by Crippen LogP contribution is -2.37. The Labute approximate surface area is 88.7 Å². The predicted molar refractivity (Wildman–Crippen MR) is 56.0 cm³/mol. The molecular formula is C10H16N4O. The van der Waals surface area contributed by atoms with Crippen molar-refractivity contribution in [2.24, 2.45) is 11.1 Å². The first-order chi connectivity index (χ1) is 7.27. The van der Waals surface area contributed by atoms with E-state index in [0.29, 0.717) is 13.1 Å². The number of amides is 1. The minimum Gasteiger partial charge on any atom is -0.354 e. The van der Waals surface area contributed by atoms with Crippen LogP contribution < -0.4 is 11.1 Å². The van der Waals surface area contributed by atoms with Gasteiger partial charge in [0.2, 0.25) is 5.91 Å². The second-order valence-electron chi connectivity index (χ2n) is 4.04. The molecule has 2 rings (SSSR count). The van der Waals surface area contributed by atoms with Gasteiger partial charge in [-0.05, 0) is 12.8 Å². The number of aromatic nitrogens is 2. The van der Waals surface area contributed by atoms with Gasteiger partial charge in [-0.3, -0.25) is 4.79 Å². The van der Waals surface area contributed by atoms with Crippen molar-refractivity contribution in [3.63, 3.8) is 0 Å². The van der Waals surface area contributed by atoms with Crippen LogP contribution in [0.2, 0.25) is 0 Å². The first-order valence-corrected chi connectivity index (χ1v) is 5.21. The summed E-state index contributed by atoms with van der Waals surface area (Å²) >= 11 is 0. The van der Waals surface area contributed by atoms with Crippen LogP contribution in [0.3, 0.4) is 0 Å². The molecule has 0 saturated heterocycles. The van der Waals surface area contributed by atoms with Crippen molar-refractivity contribution in [3.05, 3.63) is 18.7 Å². The molecular weight excluding hydrogens is 192 g/mol. The summed E-state index contributed by atoms with van der Waals surface area (Å²) in [6, 6.07) is 0. The van der Waals surface area contributed by atoms with Gasteiger partial charge in [0.05, 0.1) is 11.7 Å². The van der Waals surface area contributed by atoms with Crippen molar-refractivity contribution in [2.75, 3.05) is 13.1 Å². The van der Waals surface area contributed by atoms with Gasteiger partial charge < -0.3 is 15.6 Å². The van der Waals surface area contributed by atoms with Gasteiger partial charge in [-0.1, -0.05) is 0 Å². The number of hydrogen-bond acceptors (Lipinski definition) is 3. The fourth-order valence-corrected chi connectivity index (χ4v) is 1.58. The summed E-state index contributed by atoms with van der Waals surface area (Å²) in [6.07, 6.45) is 7.20. The average molecular weight is 208 g/mol. The minimum atomic E-state index is -0.241. The lowest BCUT2D eigenvalue weighted by molar-refractivity contribution is -0.126. The fraction of sp³-hybridized carbons (Fsp3) is 0.600. The lowest BCUT2D eigenvalue weighted by Gasteiger charge is -2.12. The van der Waals surface area contributed by atoms with E-state index in [1.807, 2.05) is 10.8 Å². The van der Waals surface area contributed by atoms with Crippen LogP contribution >= 0.6 is 0 Å². The maximum atomic E-state index is 11.7. The van der Waals surface area contributed by atoms with Gasteiger partial charge in [-0.15, -0.1) is 0 Å². The molecule has 0 aliphatic heterocycles. The Morgan fingerprint density at radius 2 is 2.40 bits per heavy atom. The van der Waals surface area contributed by atoms with E-state index in [2.05, 4.69) is 10.3 Å². The molecule has 0 bridgehead atoms. The summed E-state index contributed by atoms with van der Waals surface area (Å²) in [6.45, 7) is 1.85. The molecule has 1 fully saturated rings. The number of nitrogens with two attached hydrogens (primary N) is 1. The second-order valence-corrected chi connectivity index (χ2v) is 4.04. The quantitative estimate of drug-likeness (QED) is 0.700. The number of carbonyl (C=O) groups excluding carboxylic acids is 1. The van der Waals surface area contributed by atoms with E-state index in [4.69, 9.17) is 5.73 Å². The van der Waals surface area contributed by atoms with Crippen molar-refractivity contribution < 1.29 is 4.79 Å². The molecule has 1 aromatic rings. The Morgan fingerprint density at radius 1 is 1.60 bits per heavy atom. The summed E-state index contributed by atoms with van der Waals surface area (Å²) in [5, 5.41) is 2.91. The first kappa shape index (κ1) is 10.2. The van der Waals surface area contributed by atoms with Gasteiger partial charge in [0.15, 0.2) is 0 Å². The molecule has 1 aliphatic carbocycles. The zero-order valence-corrected chi connectivity index (χ0v) is 8.65. The van der Waals surface area contributed by atoms with E-state index >= 15 is 0 Å². The van der Waals surface area contributed by atoms with Crippen LogP contribution in [0.25, 0.3) is 0 Å². The third-order valence-corrected chi connectivity index (χ3v) is 2.94. The van der Waals surface area contributed by atoms with E-state index in [-0.39, 0.29) is 11.3 Å². The number of imidazole rings is 1. The molecule has 0 unspecified atom stereocenters. The molecule has 1 aliphatic rings. The van der Waals surface area contributed by atoms with Crippen molar-refractivity contribution in [3.8, 4) is 0 Å². The van der Waals surface area contributed by atoms with E-state index in [1.54, 1.807) is 12.5 Å². The largest absolute Gasteiger partial charge is 0.354 e. The highest BCUT2D eigenvalue weighted by Gasteiger charge is 2.48. The molecule has 0 atom stereocenters. The lowest BCUT2D eigenvalue weighted by atomic mass is 10.1. The van der Waals surface area contributed by atoms with Gasteiger partial charge in [0, 0.05) is 32.0 Å². The fourth-order valence-electron chi connectivity index (χ4n) is 1.58. The van der Waals surface area contributed by atoms with Crippen molar-refractivity contribution in [1.82, 2.24) is 14.9 Å². The highest BCUT2D eigenvalue weighted by Crippen LogP contribution is 2.44. The van der Waals surface area contributed by atoms with Crippen LogP contribution in [0.4, 0.5) is 0 Å². The number of rotatable bonds is 5. The molecule has 5 nitrogen and oxygen atoms in total. The van der Waals surface area contributed by atoms with E-state index in [1.165, 1.54) is 0 Å². The van der Waals surface area contributed by atoms with Gasteiger partial charge in [0.25, 0.3) is 0 Å². The molecule has 0 radical (unpaired) electrons. The summed E-state index contributed by atoms with van der Waals surface area (Å²) in [5.41, 5.74) is 5.32. The zero-order valence-electron chi connectivity index (χ0n) is 8.65. The predicted octanol–water partition coefficient (Wildman–Crippen LogP) is -0.262. The monoisotopic (exact) mass is 208 g/mol. The molecule has 1 heterocycles. The molecule has 1 amide bonds. The molecule has 5 heteroatoms. The zero-order chi connectivity index (χ0) is 10.7.